The van der Waals surface area contributed by atoms with Crippen LogP contribution in [0.5, 0.6) is 0 Å². The van der Waals surface area contributed by atoms with Crippen LogP contribution in [0.2, 0.25) is 0 Å². The first kappa shape index (κ1) is 13.9. The van der Waals surface area contributed by atoms with E-state index >= 15 is 0 Å². The molecule has 0 aromatic carbocycles. The average Bonchev–Trinajstić information content (AvgIpc) is 2.51. The Morgan fingerprint density at radius 1 is 1.17 bits per heavy atom. The molecule has 102 valence electrons. The van der Waals surface area contributed by atoms with Gasteiger partial charge in [-0.1, -0.05) is 5.21 Å². The van der Waals surface area contributed by atoms with Crippen molar-refractivity contribution in [3.05, 3.63) is 4.60 Å². The van der Waals surface area contributed by atoms with E-state index < -0.39 is 10.0 Å². The summed E-state index contributed by atoms with van der Waals surface area (Å²) >= 11 is 3.14. The summed E-state index contributed by atoms with van der Waals surface area (Å²) in [5.74, 6) is 0. The Balaban J connectivity index is 2.31. The normalized spacial score (nSPS) is 19.9. The number of aryl methyl sites for hydroxylation is 1. The quantitative estimate of drug-likeness (QED) is 0.753. The van der Waals surface area contributed by atoms with Gasteiger partial charge in [0.15, 0.2) is 4.60 Å². The van der Waals surface area contributed by atoms with E-state index in [-0.39, 0.29) is 9.63 Å². The maximum absolute atomic E-state index is 12.5. The number of halogens is 1. The summed E-state index contributed by atoms with van der Waals surface area (Å²) in [6.07, 6.45) is 0.832. The van der Waals surface area contributed by atoms with Gasteiger partial charge < -0.3 is 4.90 Å². The summed E-state index contributed by atoms with van der Waals surface area (Å²) in [7, 11) is 0.0466. The molecule has 0 unspecified atom stereocenters. The number of aromatic nitrogens is 3. The van der Waals surface area contributed by atoms with Gasteiger partial charge in [0.2, 0.25) is 5.03 Å². The molecule has 0 aliphatic carbocycles. The van der Waals surface area contributed by atoms with Crippen molar-refractivity contribution in [2.75, 3.05) is 33.2 Å². The zero-order valence-corrected chi connectivity index (χ0v) is 12.8. The van der Waals surface area contributed by atoms with Gasteiger partial charge in [-0.15, -0.1) is 5.10 Å². The highest BCUT2D eigenvalue weighted by molar-refractivity contribution is 9.10. The molecule has 0 radical (unpaired) electrons. The van der Waals surface area contributed by atoms with Crippen LogP contribution in [0.3, 0.4) is 0 Å². The SMILES string of the molecule is CN1CCCN(S(=O)(=O)c2c(Br)nnn2C)CC1. The van der Waals surface area contributed by atoms with Gasteiger partial charge >= 0.3 is 0 Å². The molecule has 1 aliphatic heterocycles. The van der Waals surface area contributed by atoms with Crippen molar-refractivity contribution in [2.45, 2.75) is 11.4 Å². The molecule has 1 fully saturated rings. The molecule has 1 saturated heterocycles. The van der Waals surface area contributed by atoms with Crippen LogP contribution in [0.1, 0.15) is 6.42 Å². The fourth-order valence-electron chi connectivity index (χ4n) is 1.98. The lowest BCUT2D eigenvalue weighted by molar-refractivity contribution is 0.346. The number of likely N-dealkylation sites (N-methyl/N-ethyl adjacent to an activating group) is 1. The molecule has 2 heterocycles. The highest BCUT2D eigenvalue weighted by Crippen LogP contribution is 2.22. The lowest BCUT2D eigenvalue weighted by atomic mass is 10.4. The molecular weight excluding hydrogens is 322 g/mol. The van der Waals surface area contributed by atoms with Gasteiger partial charge in [-0.2, -0.15) is 4.31 Å². The van der Waals surface area contributed by atoms with Gasteiger partial charge in [-0.3, -0.25) is 0 Å². The monoisotopic (exact) mass is 337 g/mol. The molecule has 0 bridgehead atoms. The summed E-state index contributed by atoms with van der Waals surface area (Å²) in [5, 5.41) is 7.57. The van der Waals surface area contributed by atoms with E-state index in [0.29, 0.717) is 13.1 Å². The van der Waals surface area contributed by atoms with Gasteiger partial charge in [-0.25, -0.2) is 13.1 Å². The lowest BCUT2D eigenvalue weighted by Gasteiger charge is -2.19. The Bertz CT molecular complexity index is 510. The lowest BCUT2D eigenvalue weighted by Crippen LogP contribution is -2.35. The van der Waals surface area contributed by atoms with Crippen LogP contribution in [0.4, 0.5) is 0 Å². The van der Waals surface area contributed by atoms with Crippen molar-refractivity contribution >= 4 is 26.0 Å². The van der Waals surface area contributed by atoms with E-state index in [9.17, 15) is 8.42 Å². The van der Waals surface area contributed by atoms with Gasteiger partial charge in [0.1, 0.15) is 0 Å². The molecule has 7 nitrogen and oxygen atoms in total. The van der Waals surface area contributed by atoms with Crippen molar-refractivity contribution < 1.29 is 8.42 Å². The molecule has 1 aliphatic rings. The minimum absolute atomic E-state index is 0.118. The zero-order valence-electron chi connectivity index (χ0n) is 10.4. The third-order valence-electron chi connectivity index (χ3n) is 3.00. The van der Waals surface area contributed by atoms with Gasteiger partial charge in [0, 0.05) is 26.7 Å². The number of hydrogen-bond donors (Lipinski definition) is 0. The fourth-order valence-corrected chi connectivity index (χ4v) is 4.48. The van der Waals surface area contributed by atoms with Crippen molar-refractivity contribution in [3.63, 3.8) is 0 Å². The van der Waals surface area contributed by atoms with Gasteiger partial charge in [-0.05, 0) is 35.9 Å². The fraction of sp³-hybridized carbons (Fsp3) is 0.778. The number of hydrogen-bond acceptors (Lipinski definition) is 5. The second kappa shape index (κ2) is 5.24. The Morgan fingerprint density at radius 3 is 2.50 bits per heavy atom. The van der Waals surface area contributed by atoms with Gasteiger partial charge in [0.25, 0.3) is 10.0 Å². The van der Waals surface area contributed by atoms with Crippen molar-refractivity contribution in [3.8, 4) is 0 Å². The van der Waals surface area contributed by atoms with Crippen molar-refractivity contribution in [1.82, 2.24) is 24.2 Å². The van der Waals surface area contributed by atoms with Crippen LogP contribution < -0.4 is 0 Å². The minimum Gasteiger partial charge on any atom is -0.305 e. The summed E-state index contributed by atoms with van der Waals surface area (Å²) in [6, 6.07) is 0. The second-order valence-electron chi connectivity index (χ2n) is 4.37. The predicted octanol–water partition coefficient (Wildman–Crippen LogP) is -0.0962. The zero-order chi connectivity index (χ0) is 13.3. The molecule has 0 N–H and O–H groups in total. The standard InChI is InChI=1S/C9H16BrN5O2S/c1-13-4-3-5-15(7-6-13)18(16,17)9-8(10)11-12-14(9)2/h3-7H2,1-2H3. The van der Waals surface area contributed by atoms with E-state index in [1.807, 2.05) is 7.05 Å². The molecular formula is C9H16BrN5O2S. The van der Waals surface area contributed by atoms with E-state index in [1.54, 1.807) is 7.05 Å². The average molecular weight is 338 g/mol. The van der Waals surface area contributed by atoms with Crippen molar-refractivity contribution in [1.29, 1.82) is 0 Å². The molecule has 9 heteroatoms. The third kappa shape index (κ3) is 2.58. The Kier molecular flexibility index (Phi) is 4.05. The van der Waals surface area contributed by atoms with E-state index in [2.05, 4.69) is 31.1 Å². The topological polar surface area (TPSA) is 71.3 Å². The maximum Gasteiger partial charge on any atom is 0.263 e. The van der Waals surface area contributed by atoms with E-state index in [4.69, 9.17) is 0 Å². The maximum atomic E-state index is 12.5. The third-order valence-corrected chi connectivity index (χ3v) is 5.79. The summed E-state index contributed by atoms with van der Waals surface area (Å²) in [5.41, 5.74) is 0. The molecule has 1 aromatic rings. The Morgan fingerprint density at radius 2 is 1.89 bits per heavy atom. The number of sulfonamides is 1. The highest BCUT2D eigenvalue weighted by Gasteiger charge is 2.31. The largest absolute Gasteiger partial charge is 0.305 e. The molecule has 2 rings (SSSR count). The first-order valence-electron chi connectivity index (χ1n) is 5.67. The van der Waals surface area contributed by atoms with Crippen molar-refractivity contribution in [2.24, 2.45) is 7.05 Å². The van der Waals surface area contributed by atoms with Crippen LogP contribution in [0.25, 0.3) is 0 Å². The summed E-state index contributed by atoms with van der Waals surface area (Å²) in [6.45, 7) is 2.68. The molecule has 18 heavy (non-hydrogen) atoms. The number of nitrogens with zero attached hydrogens (tertiary/aromatic N) is 5. The Hall–Kier alpha value is -0.510. The van der Waals surface area contributed by atoms with Crippen LogP contribution >= 0.6 is 15.9 Å². The first-order chi connectivity index (χ1) is 8.43. The minimum atomic E-state index is -3.53. The summed E-state index contributed by atoms with van der Waals surface area (Å²) in [4.78, 5) is 2.13. The van der Waals surface area contributed by atoms with E-state index in [0.717, 1.165) is 19.5 Å². The molecule has 0 saturated carbocycles. The van der Waals surface area contributed by atoms with Crippen LogP contribution in [-0.4, -0.2) is 65.8 Å². The van der Waals surface area contributed by atoms with E-state index in [1.165, 1.54) is 8.99 Å². The second-order valence-corrected chi connectivity index (χ2v) is 6.97. The molecule has 1 aromatic heterocycles. The van der Waals surface area contributed by atoms with Crippen LogP contribution in [0, 0.1) is 0 Å². The molecule has 0 spiro atoms. The molecule has 0 amide bonds. The first-order valence-corrected chi connectivity index (χ1v) is 7.90. The molecule has 0 atom stereocenters. The van der Waals surface area contributed by atoms with Crippen LogP contribution in [0.15, 0.2) is 9.63 Å². The van der Waals surface area contributed by atoms with Gasteiger partial charge in [0.05, 0.1) is 0 Å². The smallest absolute Gasteiger partial charge is 0.263 e. The Labute approximate surface area is 115 Å². The highest BCUT2D eigenvalue weighted by atomic mass is 79.9. The number of rotatable bonds is 2. The summed E-state index contributed by atoms with van der Waals surface area (Å²) < 4.78 is 28.1. The predicted molar refractivity (Wildman–Crippen MR) is 69.6 cm³/mol. The van der Waals surface area contributed by atoms with Crippen LogP contribution in [-0.2, 0) is 17.1 Å².